The second-order valence-electron chi connectivity index (χ2n) is 5.24. The van der Waals surface area contributed by atoms with E-state index in [0.717, 1.165) is 23.3 Å². The van der Waals surface area contributed by atoms with Crippen molar-refractivity contribution >= 4 is 5.97 Å². The van der Waals surface area contributed by atoms with Crippen LogP contribution in [-0.2, 0) is 6.18 Å². The van der Waals surface area contributed by atoms with E-state index in [1.165, 1.54) is 18.2 Å². The van der Waals surface area contributed by atoms with E-state index in [4.69, 9.17) is 5.11 Å². The molecular formula is C18H12F3NO2. The number of alkyl halides is 3. The van der Waals surface area contributed by atoms with Gasteiger partial charge in [0, 0.05) is 18.1 Å². The van der Waals surface area contributed by atoms with Gasteiger partial charge in [0.1, 0.15) is 0 Å². The fourth-order valence-electron chi connectivity index (χ4n) is 2.38. The van der Waals surface area contributed by atoms with Gasteiger partial charge in [-0.3, -0.25) is 0 Å². The van der Waals surface area contributed by atoms with Crippen LogP contribution in [0.5, 0.6) is 0 Å². The number of aromatic nitrogens is 1. The van der Waals surface area contributed by atoms with Crippen LogP contribution in [0.4, 0.5) is 13.2 Å². The maximum absolute atomic E-state index is 12.6. The zero-order valence-electron chi connectivity index (χ0n) is 12.3. The highest BCUT2D eigenvalue weighted by molar-refractivity contribution is 5.89. The minimum absolute atomic E-state index is 0.176. The van der Waals surface area contributed by atoms with Gasteiger partial charge in [0.25, 0.3) is 0 Å². The van der Waals surface area contributed by atoms with Gasteiger partial charge in [0.05, 0.1) is 11.1 Å². The van der Waals surface area contributed by atoms with Crippen molar-refractivity contribution in [2.24, 2.45) is 0 Å². The molecule has 0 aliphatic rings. The fraction of sp³-hybridized carbons (Fsp3) is 0.0556. The van der Waals surface area contributed by atoms with Crippen molar-refractivity contribution in [3.63, 3.8) is 0 Å². The van der Waals surface area contributed by atoms with Crippen molar-refractivity contribution < 1.29 is 23.1 Å². The number of carboxylic acids is 1. The van der Waals surface area contributed by atoms with Gasteiger partial charge < -0.3 is 9.67 Å². The van der Waals surface area contributed by atoms with E-state index in [2.05, 4.69) is 0 Å². The molecule has 1 aromatic heterocycles. The normalized spacial score (nSPS) is 11.5. The summed E-state index contributed by atoms with van der Waals surface area (Å²) in [5, 5.41) is 9.03. The van der Waals surface area contributed by atoms with Crippen LogP contribution in [0.2, 0.25) is 0 Å². The SMILES string of the molecule is O=C(O)c1cccc(-c2ccn(-c3ccc(C(F)(F)F)cc3)c2)c1. The van der Waals surface area contributed by atoms with Crippen molar-refractivity contribution in [1.82, 2.24) is 4.57 Å². The van der Waals surface area contributed by atoms with Gasteiger partial charge in [-0.15, -0.1) is 0 Å². The number of carboxylic acid groups (broad SMARTS) is 1. The number of aromatic carboxylic acids is 1. The van der Waals surface area contributed by atoms with Crippen LogP contribution >= 0.6 is 0 Å². The third-order valence-corrected chi connectivity index (χ3v) is 3.63. The largest absolute Gasteiger partial charge is 0.478 e. The van der Waals surface area contributed by atoms with Gasteiger partial charge in [-0.05, 0) is 53.6 Å². The monoisotopic (exact) mass is 331 g/mol. The van der Waals surface area contributed by atoms with Crippen molar-refractivity contribution in [3.8, 4) is 16.8 Å². The smallest absolute Gasteiger partial charge is 0.416 e. The zero-order valence-corrected chi connectivity index (χ0v) is 12.3. The third kappa shape index (κ3) is 3.17. The Balaban J connectivity index is 1.91. The maximum atomic E-state index is 12.6. The quantitative estimate of drug-likeness (QED) is 0.744. The number of benzene rings is 2. The van der Waals surface area contributed by atoms with Crippen molar-refractivity contribution in [1.29, 1.82) is 0 Å². The molecule has 1 heterocycles. The molecule has 3 nitrogen and oxygen atoms in total. The molecule has 3 aromatic rings. The summed E-state index contributed by atoms with van der Waals surface area (Å²) in [7, 11) is 0. The van der Waals surface area contributed by atoms with E-state index in [-0.39, 0.29) is 5.56 Å². The lowest BCUT2D eigenvalue weighted by Crippen LogP contribution is -2.04. The number of rotatable bonds is 3. The van der Waals surface area contributed by atoms with E-state index < -0.39 is 17.7 Å². The standard InChI is InChI=1S/C18H12F3NO2/c19-18(20,21)15-4-6-16(7-5-15)22-9-8-14(11-22)12-2-1-3-13(10-12)17(23)24/h1-11H,(H,23,24). The zero-order chi connectivity index (χ0) is 17.3. The Morgan fingerprint density at radius 2 is 1.67 bits per heavy atom. The van der Waals surface area contributed by atoms with E-state index in [1.807, 2.05) is 0 Å². The Bertz CT molecular complexity index is 880. The first-order chi connectivity index (χ1) is 11.3. The lowest BCUT2D eigenvalue weighted by Gasteiger charge is -2.08. The Morgan fingerprint density at radius 3 is 2.29 bits per heavy atom. The van der Waals surface area contributed by atoms with Crippen molar-refractivity contribution in [2.75, 3.05) is 0 Å². The van der Waals surface area contributed by atoms with E-state index in [0.29, 0.717) is 5.69 Å². The third-order valence-electron chi connectivity index (χ3n) is 3.63. The van der Waals surface area contributed by atoms with E-state index in [1.54, 1.807) is 41.2 Å². The number of nitrogens with zero attached hydrogens (tertiary/aromatic N) is 1. The molecule has 0 saturated heterocycles. The summed E-state index contributed by atoms with van der Waals surface area (Å²) in [4.78, 5) is 11.0. The van der Waals surface area contributed by atoms with Crippen LogP contribution in [-0.4, -0.2) is 15.6 Å². The van der Waals surface area contributed by atoms with Gasteiger partial charge >= 0.3 is 12.1 Å². The summed E-state index contributed by atoms with van der Waals surface area (Å²) in [5.41, 5.74) is 1.56. The predicted octanol–water partition coefficient (Wildman–Crippen LogP) is 4.86. The molecule has 0 saturated carbocycles. The van der Waals surface area contributed by atoms with Gasteiger partial charge in [-0.2, -0.15) is 13.2 Å². The highest BCUT2D eigenvalue weighted by atomic mass is 19.4. The fourth-order valence-corrected chi connectivity index (χ4v) is 2.38. The molecule has 0 atom stereocenters. The molecule has 0 amide bonds. The Kier molecular flexibility index (Phi) is 3.89. The first-order valence-corrected chi connectivity index (χ1v) is 7.04. The highest BCUT2D eigenvalue weighted by Gasteiger charge is 2.29. The van der Waals surface area contributed by atoms with Crippen LogP contribution in [0, 0.1) is 0 Å². The molecule has 2 aromatic carbocycles. The predicted molar refractivity (Wildman–Crippen MR) is 83.2 cm³/mol. The van der Waals surface area contributed by atoms with Crippen LogP contribution in [0.15, 0.2) is 67.0 Å². The first-order valence-electron chi connectivity index (χ1n) is 7.04. The summed E-state index contributed by atoms with van der Waals surface area (Å²) in [6, 6.07) is 13.1. The molecule has 0 radical (unpaired) electrons. The van der Waals surface area contributed by atoms with Gasteiger partial charge in [0.15, 0.2) is 0 Å². The van der Waals surface area contributed by atoms with Crippen LogP contribution in [0.1, 0.15) is 15.9 Å². The second kappa shape index (κ2) is 5.88. The maximum Gasteiger partial charge on any atom is 0.416 e. The molecule has 0 aliphatic heterocycles. The average Bonchev–Trinajstić information content (AvgIpc) is 3.04. The van der Waals surface area contributed by atoms with Crippen molar-refractivity contribution in [2.45, 2.75) is 6.18 Å². The van der Waals surface area contributed by atoms with Crippen LogP contribution in [0.3, 0.4) is 0 Å². The molecule has 3 rings (SSSR count). The summed E-state index contributed by atoms with van der Waals surface area (Å²) >= 11 is 0. The topological polar surface area (TPSA) is 42.2 Å². The lowest BCUT2D eigenvalue weighted by atomic mass is 10.1. The first kappa shape index (κ1) is 15.9. The lowest BCUT2D eigenvalue weighted by molar-refractivity contribution is -0.137. The molecule has 0 aliphatic carbocycles. The van der Waals surface area contributed by atoms with Crippen LogP contribution in [0.25, 0.3) is 16.8 Å². The summed E-state index contributed by atoms with van der Waals surface area (Å²) < 4.78 is 39.5. The minimum Gasteiger partial charge on any atom is -0.478 e. The Morgan fingerprint density at radius 1 is 0.958 bits per heavy atom. The average molecular weight is 331 g/mol. The van der Waals surface area contributed by atoms with Crippen LogP contribution < -0.4 is 0 Å². The molecule has 1 N–H and O–H groups in total. The summed E-state index contributed by atoms with van der Waals surface area (Å²) in [5.74, 6) is -1.01. The summed E-state index contributed by atoms with van der Waals surface area (Å²) in [6.45, 7) is 0. The summed E-state index contributed by atoms with van der Waals surface area (Å²) in [6.07, 6.45) is -0.910. The molecular weight excluding hydrogens is 319 g/mol. The number of halogens is 3. The minimum atomic E-state index is -4.36. The van der Waals surface area contributed by atoms with E-state index >= 15 is 0 Å². The number of hydrogen-bond donors (Lipinski definition) is 1. The second-order valence-corrected chi connectivity index (χ2v) is 5.24. The highest BCUT2D eigenvalue weighted by Crippen LogP contribution is 2.30. The van der Waals surface area contributed by atoms with Crippen molar-refractivity contribution in [3.05, 3.63) is 78.1 Å². The Hall–Kier alpha value is -3.02. The molecule has 0 spiro atoms. The molecule has 24 heavy (non-hydrogen) atoms. The number of carbonyl (C=O) groups is 1. The Labute approximate surface area is 135 Å². The van der Waals surface area contributed by atoms with Gasteiger partial charge in [-0.25, -0.2) is 4.79 Å². The molecule has 0 bridgehead atoms. The molecule has 122 valence electrons. The van der Waals surface area contributed by atoms with Gasteiger partial charge in [0.2, 0.25) is 0 Å². The molecule has 6 heteroatoms. The van der Waals surface area contributed by atoms with E-state index in [9.17, 15) is 18.0 Å². The molecule has 0 fully saturated rings. The molecule has 0 unspecified atom stereocenters. The van der Waals surface area contributed by atoms with Gasteiger partial charge in [-0.1, -0.05) is 12.1 Å². The number of hydrogen-bond acceptors (Lipinski definition) is 1.